The van der Waals surface area contributed by atoms with Crippen molar-refractivity contribution < 1.29 is 9.90 Å². The van der Waals surface area contributed by atoms with Gasteiger partial charge in [0.25, 0.3) is 5.91 Å². The molecule has 0 unspecified atom stereocenters. The summed E-state index contributed by atoms with van der Waals surface area (Å²) in [5, 5.41) is 14.6. The van der Waals surface area contributed by atoms with E-state index in [2.05, 4.69) is 10.1 Å². The Morgan fingerprint density at radius 1 is 1.27 bits per heavy atom. The van der Waals surface area contributed by atoms with Crippen molar-refractivity contribution in [1.29, 1.82) is 0 Å². The number of aromatic nitrogens is 3. The van der Waals surface area contributed by atoms with Gasteiger partial charge in [0.2, 0.25) is 0 Å². The molecule has 2 aromatic heterocycles. The van der Waals surface area contributed by atoms with Crippen molar-refractivity contribution >= 4 is 16.9 Å². The molecule has 1 N–H and O–H groups in total. The molecule has 6 nitrogen and oxygen atoms in total. The second-order valence-corrected chi connectivity index (χ2v) is 6.67. The van der Waals surface area contributed by atoms with Crippen molar-refractivity contribution in [3.8, 4) is 0 Å². The number of amides is 1. The van der Waals surface area contributed by atoms with Crippen molar-refractivity contribution in [3.63, 3.8) is 0 Å². The Hall–Kier alpha value is -2.73. The summed E-state index contributed by atoms with van der Waals surface area (Å²) >= 11 is 0. The number of hydrogen-bond acceptors (Lipinski definition) is 4. The Balaban J connectivity index is 2.01. The van der Waals surface area contributed by atoms with Gasteiger partial charge in [0.15, 0.2) is 5.65 Å². The van der Waals surface area contributed by atoms with Crippen LogP contribution in [0, 0.1) is 6.92 Å². The van der Waals surface area contributed by atoms with Crippen molar-refractivity contribution in [3.05, 3.63) is 59.4 Å². The van der Waals surface area contributed by atoms with Gasteiger partial charge in [-0.25, -0.2) is 9.67 Å². The number of hydrogen-bond donors (Lipinski definition) is 1. The normalized spacial score (nSPS) is 11.3. The van der Waals surface area contributed by atoms with Crippen LogP contribution in [-0.2, 0) is 6.54 Å². The smallest absolute Gasteiger partial charge is 0.255 e. The zero-order chi connectivity index (χ0) is 18.7. The zero-order valence-corrected chi connectivity index (χ0v) is 15.4. The first-order valence-corrected chi connectivity index (χ1v) is 8.80. The van der Waals surface area contributed by atoms with Crippen molar-refractivity contribution in [1.82, 2.24) is 19.7 Å². The largest absolute Gasteiger partial charge is 0.395 e. The molecule has 0 aliphatic rings. The van der Waals surface area contributed by atoms with E-state index in [9.17, 15) is 9.90 Å². The highest BCUT2D eigenvalue weighted by atomic mass is 16.3. The first-order chi connectivity index (χ1) is 12.5. The summed E-state index contributed by atoms with van der Waals surface area (Å²) in [4.78, 5) is 19.5. The minimum atomic E-state index is -0.123. The highest BCUT2D eigenvalue weighted by molar-refractivity contribution is 6.05. The van der Waals surface area contributed by atoms with Crippen molar-refractivity contribution in [2.75, 3.05) is 13.2 Å². The van der Waals surface area contributed by atoms with Gasteiger partial charge in [-0.1, -0.05) is 30.3 Å². The van der Waals surface area contributed by atoms with E-state index in [0.717, 1.165) is 16.6 Å². The number of benzene rings is 1. The molecule has 0 fully saturated rings. The lowest BCUT2D eigenvalue weighted by atomic mass is 10.1. The molecule has 0 atom stereocenters. The first kappa shape index (κ1) is 18.1. The first-order valence-electron chi connectivity index (χ1n) is 8.80. The van der Waals surface area contributed by atoms with Gasteiger partial charge in [0.05, 0.1) is 23.8 Å². The minimum Gasteiger partial charge on any atom is -0.395 e. The van der Waals surface area contributed by atoms with Crippen molar-refractivity contribution in [2.45, 2.75) is 33.4 Å². The minimum absolute atomic E-state index is 0.0863. The van der Waals surface area contributed by atoms with Gasteiger partial charge in [-0.2, -0.15) is 5.10 Å². The third-order valence-electron chi connectivity index (χ3n) is 4.29. The number of nitrogens with zero attached hydrogens (tertiary/aromatic N) is 4. The average molecular weight is 352 g/mol. The number of aliphatic hydroxyl groups excluding tert-OH is 1. The van der Waals surface area contributed by atoms with Gasteiger partial charge in [0, 0.05) is 24.8 Å². The number of aryl methyl sites for hydroxylation is 1. The average Bonchev–Trinajstić information content (AvgIpc) is 3.05. The van der Waals surface area contributed by atoms with Gasteiger partial charge >= 0.3 is 0 Å². The Kier molecular flexibility index (Phi) is 5.32. The Labute approximate surface area is 153 Å². The number of carbonyl (C=O) groups excluding carboxylic acids is 1. The van der Waals surface area contributed by atoms with Gasteiger partial charge < -0.3 is 10.0 Å². The maximum atomic E-state index is 13.2. The van der Waals surface area contributed by atoms with E-state index >= 15 is 0 Å². The van der Waals surface area contributed by atoms with Gasteiger partial charge in [-0.3, -0.25) is 4.79 Å². The van der Waals surface area contributed by atoms with Crippen LogP contribution in [0.15, 0.2) is 42.6 Å². The number of fused-ring (bicyclic) bond motifs is 1. The van der Waals surface area contributed by atoms with Crippen LogP contribution >= 0.6 is 0 Å². The molecule has 0 saturated carbocycles. The molecular weight excluding hydrogens is 328 g/mol. The molecule has 26 heavy (non-hydrogen) atoms. The molecule has 136 valence electrons. The van der Waals surface area contributed by atoms with E-state index in [1.165, 1.54) is 0 Å². The quantitative estimate of drug-likeness (QED) is 0.740. The van der Waals surface area contributed by atoms with Gasteiger partial charge in [-0.05, 0) is 32.4 Å². The molecule has 0 saturated heterocycles. The highest BCUT2D eigenvalue weighted by Crippen LogP contribution is 2.23. The summed E-state index contributed by atoms with van der Waals surface area (Å²) in [7, 11) is 0. The molecule has 0 bridgehead atoms. The molecule has 0 aliphatic heterocycles. The summed E-state index contributed by atoms with van der Waals surface area (Å²) in [6.45, 7) is 6.58. The molecular formula is C20H24N4O2. The number of rotatable bonds is 6. The molecule has 0 radical (unpaired) electrons. The van der Waals surface area contributed by atoms with Crippen LogP contribution in [0.5, 0.6) is 0 Å². The summed E-state index contributed by atoms with van der Waals surface area (Å²) in [6.07, 6.45) is 1.70. The van der Waals surface area contributed by atoms with E-state index in [1.54, 1.807) is 17.2 Å². The number of pyridine rings is 1. The van der Waals surface area contributed by atoms with Gasteiger partial charge in [-0.15, -0.1) is 0 Å². The Bertz CT molecular complexity index is 903. The van der Waals surface area contributed by atoms with Crippen molar-refractivity contribution in [2.24, 2.45) is 0 Å². The van der Waals surface area contributed by atoms with Crippen LogP contribution in [0.3, 0.4) is 0 Å². The second kappa shape index (κ2) is 7.66. The fourth-order valence-electron chi connectivity index (χ4n) is 3.05. The Morgan fingerprint density at radius 3 is 2.65 bits per heavy atom. The molecule has 1 aromatic carbocycles. The predicted octanol–water partition coefficient (Wildman–Crippen LogP) is 2.96. The summed E-state index contributed by atoms with van der Waals surface area (Å²) in [5.74, 6) is -0.123. The van der Waals surface area contributed by atoms with E-state index in [0.29, 0.717) is 17.8 Å². The molecule has 3 aromatic rings. The lowest BCUT2D eigenvalue weighted by molar-refractivity contribution is 0.0709. The highest BCUT2D eigenvalue weighted by Gasteiger charge is 2.21. The van der Waals surface area contributed by atoms with Crippen LogP contribution in [0.4, 0.5) is 0 Å². The van der Waals surface area contributed by atoms with Crippen LogP contribution in [0.1, 0.15) is 41.5 Å². The number of aliphatic hydroxyl groups is 1. The number of carbonyl (C=O) groups is 1. The molecule has 0 spiro atoms. The summed E-state index contributed by atoms with van der Waals surface area (Å²) < 4.78 is 1.83. The van der Waals surface area contributed by atoms with E-state index in [-0.39, 0.29) is 25.1 Å². The molecule has 6 heteroatoms. The third-order valence-corrected chi connectivity index (χ3v) is 4.29. The fraction of sp³-hybridized carbons (Fsp3) is 0.350. The summed E-state index contributed by atoms with van der Waals surface area (Å²) in [6, 6.07) is 11.7. The molecule has 2 heterocycles. The molecule has 1 amide bonds. The maximum Gasteiger partial charge on any atom is 0.255 e. The SMILES string of the molecule is Cc1cc(C(=O)N(CCO)Cc2ccccc2)c2cnn(C(C)C)c2n1. The predicted molar refractivity (Wildman–Crippen MR) is 101 cm³/mol. The lowest BCUT2D eigenvalue weighted by Gasteiger charge is -2.22. The zero-order valence-electron chi connectivity index (χ0n) is 15.4. The Morgan fingerprint density at radius 2 is 2.00 bits per heavy atom. The van der Waals surface area contributed by atoms with Crippen LogP contribution < -0.4 is 0 Å². The van der Waals surface area contributed by atoms with Gasteiger partial charge in [0.1, 0.15) is 0 Å². The topological polar surface area (TPSA) is 71.2 Å². The third kappa shape index (κ3) is 3.60. The van der Waals surface area contributed by atoms with E-state index < -0.39 is 0 Å². The standard InChI is InChI=1S/C20H24N4O2/c1-14(2)24-19-18(12-21-24)17(11-15(3)22-19)20(26)23(9-10-25)13-16-7-5-4-6-8-16/h4-8,11-12,14,25H,9-10,13H2,1-3H3. The van der Waals surface area contributed by atoms with E-state index in [4.69, 9.17) is 0 Å². The molecule has 3 rings (SSSR count). The fourth-order valence-corrected chi connectivity index (χ4v) is 3.05. The maximum absolute atomic E-state index is 13.2. The van der Waals surface area contributed by atoms with E-state index in [1.807, 2.05) is 55.8 Å². The van der Waals surface area contributed by atoms with Crippen LogP contribution in [0.25, 0.3) is 11.0 Å². The summed E-state index contributed by atoms with van der Waals surface area (Å²) in [5.41, 5.74) is 3.08. The second-order valence-electron chi connectivity index (χ2n) is 6.67. The van der Waals surface area contributed by atoms with Crippen LogP contribution in [0.2, 0.25) is 0 Å². The van der Waals surface area contributed by atoms with Crippen LogP contribution in [-0.4, -0.2) is 43.8 Å². The lowest BCUT2D eigenvalue weighted by Crippen LogP contribution is -2.33. The monoisotopic (exact) mass is 352 g/mol. The molecule has 0 aliphatic carbocycles.